The maximum absolute atomic E-state index is 13.1. The third-order valence-corrected chi connectivity index (χ3v) is 5.20. The number of H-pyrrole nitrogens is 1. The molecule has 1 fully saturated rings. The SMILES string of the molecule is O=C(c1ccc(C2CCCCCC2)cc1)C(c1ncn[nH]1)n1cnnc1. The molecular formula is C19H22N6O. The Morgan fingerprint density at radius 2 is 1.73 bits per heavy atom. The number of ketones is 1. The second-order valence-corrected chi connectivity index (χ2v) is 6.86. The van der Waals surface area contributed by atoms with Crippen molar-refractivity contribution >= 4 is 5.78 Å². The van der Waals surface area contributed by atoms with Gasteiger partial charge in [0, 0.05) is 5.56 Å². The summed E-state index contributed by atoms with van der Waals surface area (Å²) in [5.74, 6) is 1.03. The molecule has 0 spiro atoms. The van der Waals surface area contributed by atoms with E-state index in [1.165, 1.54) is 63.1 Å². The van der Waals surface area contributed by atoms with Crippen LogP contribution < -0.4 is 0 Å². The van der Waals surface area contributed by atoms with Crippen LogP contribution in [0.5, 0.6) is 0 Å². The number of aromatic nitrogens is 6. The van der Waals surface area contributed by atoms with Crippen molar-refractivity contribution in [2.24, 2.45) is 0 Å². The molecule has 7 nitrogen and oxygen atoms in total. The van der Waals surface area contributed by atoms with E-state index in [1.807, 2.05) is 12.1 Å². The van der Waals surface area contributed by atoms with Crippen molar-refractivity contribution in [1.29, 1.82) is 0 Å². The van der Waals surface area contributed by atoms with Crippen LogP contribution in [0.1, 0.15) is 72.2 Å². The Bertz CT molecular complexity index is 783. The maximum Gasteiger partial charge on any atom is 0.193 e. The summed E-state index contributed by atoms with van der Waals surface area (Å²) in [5.41, 5.74) is 1.99. The van der Waals surface area contributed by atoms with Gasteiger partial charge >= 0.3 is 0 Å². The van der Waals surface area contributed by atoms with Crippen LogP contribution in [0.15, 0.2) is 43.2 Å². The fourth-order valence-electron chi connectivity index (χ4n) is 3.78. The van der Waals surface area contributed by atoms with Crippen LogP contribution in [0.2, 0.25) is 0 Å². The van der Waals surface area contributed by atoms with Gasteiger partial charge in [-0.15, -0.1) is 10.2 Å². The molecule has 0 bridgehead atoms. The number of aromatic amines is 1. The van der Waals surface area contributed by atoms with Gasteiger partial charge in [-0.2, -0.15) is 5.10 Å². The van der Waals surface area contributed by atoms with Crippen LogP contribution in [0.3, 0.4) is 0 Å². The molecule has 1 atom stereocenters. The lowest BCUT2D eigenvalue weighted by Crippen LogP contribution is -2.21. The van der Waals surface area contributed by atoms with E-state index in [4.69, 9.17) is 0 Å². The predicted molar refractivity (Wildman–Crippen MR) is 95.8 cm³/mol. The first kappa shape index (κ1) is 16.6. The first-order valence-corrected chi connectivity index (χ1v) is 9.16. The third kappa shape index (κ3) is 3.42. The Kier molecular flexibility index (Phi) is 4.86. The first-order chi connectivity index (χ1) is 12.8. The predicted octanol–water partition coefficient (Wildman–Crippen LogP) is 3.31. The number of Topliss-reactive ketones (excluding diaryl/α,β-unsaturated/α-hetero) is 1. The standard InChI is InChI=1S/C19H22N6O/c26-18(17(19-20-11-21-24-19)25-12-22-23-13-25)16-9-7-15(8-10-16)14-5-3-1-2-4-6-14/h7-14,17H,1-6H2,(H,20,21,24). The maximum atomic E-state index is 13.1. The number of carbonyl (C=O) groups is 1. The van der Waals surface area contributed by atoms with Crippen LogP contribution in [-0.4, -0.2) is 35.7 Å². The Morgan fingerprint density at radius 3 is 2.35 bits per heavy atom. The number of benzene rings is 1. The van der Waals surface area contributed by atoms with Gasteiger partial charge in [0.15, 0.2) is 17.6 Å². The third-order valence-electron chi connectivity index (χ3n) is 5.20. The van der Waals surface area contributed by atoms with Crippen molar-refractivity contribution in [3.05, 3.63) is 60.2 Å². The minimum absolute atomic E-state index is 0.0611. The van der Waals surface area contributed by atoms with Crippen molar-refractivity contribution in [3.63, 3.8) is 0 Å². The molecule has 1 aromatic carbocycles. The summed E-state index contributed by atoms with van der Waals surface area (Å²) in [6.45, 7) is 0. The van der Waals surface area contributed by atoms with E-state index in [-0.39, 0.29) is 5.78 Å². The van der Waals surface area contributed by atoms with Crippen LogP contribution in [0.4, 0.5) is 0 Å². The molecule has 7 heteroatoms. The summed E-state index contributed by atoms with van der Waals surface area (Å²) in [4.78, 5) is 17.3. The zero-order valence-corrected chi connectivity index (χ0v) is 14.6. The molecule has 2 heterocycles. The zero-order chi connectivity index (χ0) is 17.8. The molecule has 0 amide bonds. The number of nitrogens with one attached hydrogen (secondary N) is 1. The molecule has 1 N–H and O–H groups in total. The quantitative estimate of drug-likeness (QED) is 0.563. The summed E-state index contributed by atoms with van der Waals surface area (Å²) in [6, 6.07) is 7.42. The molecule has 134 valence electrons. The van der Waals surface area contributed by atoms with Gasteiger partial charge in [-0.3, -0.25) is 9.89 Å². The molecule has 3 aromatic rings. The number of rotatable bonds is 5. The van der Waals surface area contributed by atoms with Crippen LogP contribution in [0.25, 0.3) is 0 Å². The average Bonchev–Trinajstić information content (AvgIpc) is 3.33. The summed E-state index contributed by atoms with van der Waals surface area (Å²) >= 11 is 0. The first-order valence-electron chi connectivity index (χ1n) is 9.16. The zero-order valence-electron chi connectivity index (χ0n) is 14.6. The second-order valence-electron chi connectivity index (χ2n) is 6.86. The molecule has 1 aliphatic rings. The Morgan fingerprint density at radius 1 is 1.04 bits per heavy atom. The van der Waals surface area contributed by atoms with Gasteiger partial charge in [0.25, 0.3) is 0 Å². The fourth-order valence-corrected chi connectivity index (χ4v) is 3.78. The van der Waals surface area contributed by atoms with Crippen molar-refractivity contribution in [2.45, 2.75) is 50.5 Å². The van der Waals surface area contributed by atoms with E-state index in [1.54, 1.807) is 4.57 Å². The minimum atomic E-state index is -0.642. The average molecular weight is 350 g/mol. The van der Waals surface area contributed by atoms with E-state index in [9.17, 15) is 4.79 Å². The van der Waals surface area contributed by atoms with Gasteiger partial charge in [0.1, 0.15) is 19.0 Å². The highest BCUT2D eigenvalue weighted by atomic mass is 16.1. The smallest absolute Gasteiger partial charge is 0.193 e. The van der Waals surface area contributed by atoms with Crippen molar-refractivity contribution in [1.82, 2.24) is 29.9 Å². The largest absolute Gasteiger partial charge is 0.302 e. The van der Waals surface area contributed by atoms with E-state index < -0.39 is 6.04 Å². The highest BCUT2D eigenvalue weighted by Gasteiger charge is 2.27. The van der Waals surface area contributed by atoms with Gasteiger partial charge in [0.05, 0.1) is 0 Å². The van der Waals surface area contributed by atoms with E-state index in [2.05, 4.69) is 37.5 Å². The van der Waals surface area contributed by atoms with Crippen molar-refractivity contribution in [2.75, 3.05) is 0 Å². The molecule has 26 heavy (non-hydrogen) atoms. The summed E-state index contributed by atoms with van der Waals surface area (Å²) in [7, 11) is 0. The van der Waals surface area contributed by atoms with E-state index >= 15 is 0 Å². The molecule has 1 aliphatic carbocycles. The normalized spacial score (nSPS) is 16.9. The second kappa shape index (κ2) is 7.59. The Balaban J connectivity index is 1.58. The summed E-state index contributed by atoms with van der Waals surface area (Å²) < 4.78 is 1.64. The lowest BCUT2D eigenvalue weighted by atomic mass is 9.90. The van der Waals surface area contributed by atoms with Gasteiger partial charge in [-0.1, -0.05) is 49.9 Å². The van der Waals surface area contributed by atoms with Crippen molar-refractivity contribution < 1.29 is 4.79 Å². The number of hydrogen-bond donors (Lipinski definition) is 1. The topological polar surface area (TPSA) is 89.4 Å². The summed E-state index contributed by atoms with van der Waals surface area (Å²) in [6.07, 6.45) is 12.2. The van der Waals surface area contributed by atoms with Crippen molar-refractivity contribution in [3.8, 4) is 0 Å². The number of hydrogen-bond acceptors (Lipinski definition) is 5. The number of nitrogens with zero attached hydrogens (tertiary/aromatic N) is 5. The van der Waals surface area contributed by atoms with Gasteiger partial charge in [-0.25, -0.2) is 4.98 Å². The molecule has 1 unspecified atom stereocenters. The fraction of sp³-hybridized carbons (Fsp3) is 0.421. The monoisotopic (exact) mass is 350 g/mol. The van der Waals surface area contributed by atoms with Crippen LogP contribution >= 0.6 is 0 Å². The Labute approximate surface area is 151 Å². The lowest BCUT2D eigenvalue weighted by Gasteiger charge is -2.17. The molecular weight excluding hydrogens is 328 g/mol. The van der Waals surface area contributed by atoms with E-state index in [0.29, 0.717) is 17.3 Å². The molecule has 2 aromatic heterocycles. The number of carbonyl (C=O) groups excluding carboxylic acids is 1. The van der Waals surface area contributed by atoms with Crippen LogP contribution in [-0.2, 0) is 0 Å². The highest BCUT2D eigenvalue weighted by Crippen LogP contribution is 2.32. The minimum Gasteiger partial charge on any atom is -0.302 e. The molecule has 0 saturated heterocycles. The van der Waals surface area contributed by atoms with E-state index in [0.717, 1.165) is 0 Å². The molecule has 0 aliphatic heterocycles. The highest BCUT2D eigenvalue weighted by molar-refractivity contribution is 6.00. The molecule has 1 saturated carbocycles. The Hall–Kier alpha value is -2.83. The van der Waals surface area contributed by atoms with Gasteiger partial charge < -0.3 is 4.57 Å². The lowest BCUT2D eigenvalue weighted by molar-refractivity contribution is 0.0941. The van der Waals surface area contributed by atoms with Gasteiger partial charge in [-0.05, 0) is 24.3 Å². The summed E-state index contributed by atoms with van der Waals surface area (Å²) in [5, 5.41) is 14.3. The molecule has 4 rings (SSSR count). The van der Waals surface area contributed by atoms with Crippen LogP contribution in [0, 0.1) is 0 Å². The molecule has 0 radical (unpaired) electrons. The van der Waals surface area contributed by atoms with Gasteiger partial charge in [0.2, 0.25) is 0 Å².